The van der Waals surface area contributed by atoms with E-state index in [4.69, 9.17) is 4.98 Å². The largest absolute Gasteiger partial charge is 0.352 e. The van der Waals surface area contributed by atoms with Gasteiger partial charge in [-0.05, 0) is 37.6 Å². The summed E-state index contributed by atoms with van der Waals surface area (Å²) in [6, 6.07) is 13.4. The highest BCUT2D eigenvalue weighted by Gasteiger charge is 2.13. The number of benzene rings is 1. The number of para-hydroxylation sites is 1. The van der Waals surface area contributed by atoms with Gasteiger partial charge in [0, 0.05) is 48.8 Å². The van der Waals surface area contributed by atoms with Crippen LogP contribution in [-0.2, 0) is 6.54 Å². The van der Waals surface area contributed by atoms with E-state index < -0.39 is 0 Å². The van der Waals surface area contributed by atoms with Crippen molar-refractivity contribution >= 4 is 16.8 Å². The average molecular weight is 371 g/mol. The molecule has 3 heterocycles. The zero-order valence-electron chi connectivity index (χ0n) is 15.7. The van der Waals surface area contributed by atoms with Crippen LogP contribution in [0.3, 0.4) is 0 Å². The first kappa shape index (κ1) is 17.9. The Morgan fingerprint density at radius 1 is 1.14 bits per heavy atom. The summed E-state index contributed by atoms with van der Waals surface area (Å²) in [4.78, 5) is 26.0. The first-order valence-electron chi connectivity index (χ1n) is 9.28. The van der Waals surface area contributed by atoms with Crippen LogP contribution in [0.25, 0.3) is 22.2 Å². The van der Waals surface area contributed by atoms with E-state index >= 15 is 0 Å². The molecule has 0 spiro atoms. The number of rotatable bonds is 6. The molecule has 1 aromatic carbocycles. The van der Waals surface area contributed by atoms with Crippen LogP contribution in [-0.4, -0.2) is 32.0 Å². The number of aromatic nitrogens is 4. The first-order chi connectivity index (χ1) is 13.7. The second-order valence-electron chi connectivity index (χ2n) is 6.59. The van der Waals surface area contributed by atoms with Crippen molar-refractivity contribution in [2.45, 2.75) is 19.9 Å². The van der Waals surface area contributed by atoms with Crippen molar-refractivity contribution < 1.29 is 4.79 Å². The molecule has 4 rings (SSSR count). The second-order valence-corrected chi connectivity index (χ2v) is 6.59. The molecular formula is C22H21N5O. The van der Waals surface area contributed by atoms with E-state index in [1.165, 1.54) is 0 Å². The van der Waals surface area contributed by atoms with Crippen molar-refractivity contribution in [3.63, 3.8) is 0 Å². The minimum Gasteiger partial charge on any atom is -0.352 e. The maximum absolute atomic E-state index is 12.9. The number of hydrogen-bond acceptors (Lipinski definition) is 4. The molecule has 0 saturated carbocycles. The molecule has 0 radical (unpaired) electrons. The van der Waals surface area contributed by atoms with Crippen LogP contribution in [0, 0.1) is 6.92 Å². The number of hydrogen-bond donors (Lipinski definition) is 1. The SMILES string of the molecule is Cc1nccn1CCCNC(=O)c1cc(-c2cccnc2)nc2ccccc12. The van der Waals surface area contributed by atoms with Gasteiger partial charge in [0.05, 0.1) is 16.8 Å². The van der Waals surface area contributed by atoms with Crippen LogP contribution in [0.4, 0.5) is 0 Å². The smallest absolute Gasteiger partial charge is 0.252 e. The van der Waals surface area contributed by atoms with E-state index in [2.05, 4.69) is 19.9 Å². The molecule has 0 unspecified atom stereocenters. The summed E-state index contributed by atoms with van der Waals surface area (Å²) < 4.78 is 2.08. The van der Waals surface area contributed by atoms with Crippen LogP contribution in [0.15, 0.2) is 67.3 Å². The summed E-state index contributed by atoms with van der Waals surface area (Å²) in [5.74, 6) is 0.888. The maximum atomic E-state index is 12.9. The van der Waals surface area contributed by atoms with Gasteiger partial charge in [0.15, 0.2) is 0 Å². The number of aryl methyl sites for hydroxylation is 2. The predicted molar refractivity (Wildman–Crippen MR) is 109 cm³/mol. The zero-order valence-corrected chi connectivity index (χ0v) is 15.7. The molecule has 0 aliphatic heterocycles. The molecule has 0 atom stereocenters. The van der Waals surface area contributed by atoms with Crippen molar-refractivity contribution in [2.75, 3.05) is 6.54 Å². The third kappa shape index (κ3) is 3.76. The first-order valence-corrected chi connectivity index (χ1v) is 9.28. The number of fused-ring (bicyclic) bond motifs is 1. The number of pyridine rings is 2. The summed E-state index contributed by atoms with van der Waals surface area (Å²) in [7, 11) is 0. The minimum atomic E-state index is -0.0916. The van der Waals surface area contributed by atoms with Gasteiger partial charge >= 0.3 is 0 Å². The van der Waals surface area contributed by atoms with Gasteiger partial charge in [0.1, 0.15) is 5.82 Å². The predicted octanol–water partition coefficient (Wildman–Crippen LogP) is 3.62. The highest BCUT2D eigenvalue weighted by Crippen LogP contribution is 2.24. The number of carbonyl (C=O) groups excluding carboxylic acids is 1. The summed E-state index contributed by atoms with van der Waals surface area (Å²) in [5.41, 5.74) is 3.05. The lowest BCUT2D eigenvalue weighted by atomic mass is 10.0. The van der Waals surface area contributed by atoms with Crippen LogP contribution in [0.1, 0.15) is 22.6 Å². The quantitative estimate of drug-likeness (QED) is 0.526. The lowest BCUT2D eigenvalue weighted by Gasteiger charge is -2.11. The normalized spacial score (nSPS) is 10.9. The average Bonchev–Trinajstić information content (AvgIpc) is 3.15. The third-order valence-electron chi connectivity index (χ3n) is 4.70. The van der Waals surface area contributed by atoms with Crippen LogP contribution in [0.5, 0.6) is 0 Å². The number of nitrogens with zero attached hydrogens (tertiary/aromatic N) is 4. The zero-order chi connectivity index (χ0) is 19.3. The van der Waals surface area contributed by atoms with Crippen molar-refractivity contribution in [2.24, 2.45) is 0 Å². The Hall–Kier alpha value is -3.54. The monoisotopic (exact) mass is 371 g/mol. The summed E-state index contributed by atoms with van der Waals surface area (Å²) in [6.45, 7) is 3.39. The third-order valence-corrected chi connectivity index (χ3v) is 4.70. The molecular weight excluding hydrogens is 350 g/mol. The lowest BCUT2D eigenvalue weighted by molar-refractivity contribution is 0.0954. The van der Waals surface area contributed by atoms with Crippen LogP contribution in [0.2, 0.25) is 0 Å². The van der Waals surface area contributed by atoms with E-state index in [1.807, 2.05) is 55.6 Å². The molecule has 3 aromatic heterocycles. The van der Waals surface area contributed by atoms with Gasteiger partial charge < -0.3 is 9.88 Å². The fourth-order valence-electron chi connectivity index (χ4n) is 3.21. The summed E-state index contributed by atoms with van der Waals surface area (Å²) >= 11 is 0. The standard InChI is InChI=1S/C22H21N5O/c1-16-24-11-13-27(16)12-5-10-25-22(28)19-14-21(17-6-4-9-23-15-17)26-20-8-3-2-7-18(19)20/h2-4,6-9,11,13-15H,5,10,12H2,1H3,(H,25,28). The number of carbonyl (C=O) groups is 1. The Kier molecular flexibility index (Phi) is 5.10. The highest BCUT2D eigenvalue weighted by atomic mass is 16.1. The molecule has 1 N–H and O–H groups in total. The van der Waals surface area contributed by atoms with Gasteiger partial charge in [-0.3, -0.25) is 9.78 Å². The van der Waals surface area contributed by atoms with E-state index in [1.54, 1.807) is 18.6 Å². The van der Waals surface area contributed by atoms with E-state index in [9.17, 15) is 4.79 Å². The molecule has 1 amide bonds. The molecule has 0 aliphatic carbocycles. The number of nitrogens with one attached hydrogen (secondary N) is 1. The van der Waals surface area contributed by atoms with Gasteiger partial charge in [-0.25, -0.2) is 9.97 Å². The number of amides is 1. The van der Waals surface area contributed by atoms with Gasteiger partial charge in [0.2, 0.25) is 0 Å². The Morgan fingerprint density at radius 3 is 2.82 bits per heavy atom. The fourth-order valence-corrected chi connectivity index (χ4v) is 3.21. The molecule has 0 aliphatic rings. The fraction of sp³-hybridized carbons (Fsp3) is 0.182. The van der Waals surface area contributed by atoms with Crippen molar-refractivity contribution in [1.29, 1.82) is 0 Å². The molecule has 0 fully saturated rings. The Bertz CT molecular complexity index is 1100. The summed E-state index contributed by atoms with van der Waals surface area (Å²) in [5, 5.41) is 3.88. The molecule has 0 saturated heterocycles. The molecule has 6 heteroatoms. The van der Waals surface area contributed by atoms with Crippen molar-refractivity contribution in [1.82, 2.24) is 24.8 Å². The Balaban J connectivity index is 1.54. The lowest BCUT2D eigenvalue weighted by Crippen LogP contribution is -2.25. The molecule has 140 valence electrons. The number of imidazole rings is 1. The Morgan fingerprint density at radius 2 is 2.04 bits per heavy atom. The van der Waals surface area contributed by atoms with Gasteiger partial charge in [0.25, 0.3) is 5.91 Å². The molecule has 4 aromatic rings. The molecule has 0 bridgehead atoms. The van der Waals surface area contributed by atoms with E-state index in [0.29, 0.717) is 12.1 Å². The Labute approximate surface area is 163 Å². The minimum absolute atomic E-state index is 0.0916. The maximum Gasteiger partial charge on any atom is 0.252 e. The molecule has 6 nitrogen and oxygen atoms in total. The van der Waals surface area contributed by atoms with Gasteiger partial charge in [-0.15, -0.1) is 0 Å². The van der Waals surface area contributed by atoms with Crippen LogP contribution >= 0.6 is 0 Å². The van der Waals surface area contributed by atoms with E-state index in [0.717, 1.165) is 41.0 Å². The van der Waals surface area contributed by atoms with Crippen molar-refractivity contribution in [3.05, 3.63) is 78.6 Å². The van der Waals surface area contributed by atoms with E-state index in [-0.39, 0.29) is 5.91 Å². The topological polar surface area (TPSA) is 72.7 Å². The second kappa shape index (κ2) is 8.00. The van der Waals surface area contributed by atoms with Crippen LogP contribution < -0.4 is 5.32 Å². The van der Waals surface area contributed by atoms with Gasteiger partial charge in [-0.1, -0.05) is 18.2 Å². The van der Waals surface area contributed by atoms with Crippen molar-refractivity contribution in [3.8, 4) is 11.3 Å². The highest BCUT2D eigenvalue weighted by molar-refractivity contribution is 6.07. The van der Waals surface area contributed by atoms with Gasteiger partial charge in [-0.2, -0.15) is 0 Å². The molecule has 28 heavy (non-hydrogen) atoms. The summed E-state index contributed by atoms with van der Waals surface area (Å²) in [6.07, 6.45) is 8.05.